The second kappa shape index (κ2) is 29.4. The molecule has 0 saturated heterocycles. The second-order valence-corrected chi connectivity index (χ2v) is 3.65. The van der Waals surface area contributed by atoms with Gasteiger partial charge in [-0.05, 0) is 0 Å². The minimum absolute atomic E-state index is 0.793. The van der Waals surface area contributed by atoms with Gasteiger partial charge in [-0.3, -0.25) is 0 Å². The molecule has 2 rings (SSSR count). The SMILES string of the molecule is [C-]#[O+].[C-]#[O+].[C-]#[O+].[C-]#[O+].[C-]#[O+].[Cr]=[C](Oc1ccccc1)c1ccccc1. The molecular weight excluding hydrogens is 364 g/mol. The van der Waals surface area contributed by atoms with E-state index in [9.17, 15) is 0 Å². The van der Waals surface area contributed by atoms with Crippen LogP contribution in [0.5, 0.6) is 5.75 Å². The standard InChI is InChI=1S/C13H10O.5CO.Cr/c1-3-7-12(8-4-1)11-14-13-9-5-2-6-10-13;5*1-2;/h1-10H;;;;;;. The van der Waals surface area contributed by atoms with Crippen molar-refractivity contribution in [1.29, 1.82) is 0 Å². The van der Waals surface area contributed by atoms with Gasteiger partial charge in [-0.25, -0.2) is 0 Å². The molecule has 0 aliphatic carbocycles. The van der Waals surface area contributed by atoms with E-state index in [0.717, 1.165) is 15.9 Å². The Hall–Kier alpha value is -2.66. The van der Waals surface area contributed by atoms with Gasteiger partial charge in [0.25, 0.3) is 0 Å². The first kappa shape index (κ1) is 30.2. The van der Waals surface area contributed by atoms with Gasteiger partial charge >= 0.3 is 154 Å². The maximum atomic E-state index is 7.50. The molecule has 0 heterocycles. The molecule has 0 spiro atoms. The van der Waals surface area contributed by atoms with Crippen LogP contribution in [0, 0.1) is 33.3 Å². The van der Waals surface area contributed by atoms with Crippen LogP contribution in [0.2, 0.25) is 0 Å². The van der Waals surface area contributed by atoms with Crippen LogP contribution in [0.25, 0.3) is 0 Å². The number of para-hydroxylation sites is 1. The molecule has 0 aliphatic rings. The van der Waals surface area contributed by atoms with Gasteiger partial charge in [0.2, 0.25) is 0 Å². The Labute approximate surface area is 154 Å². The molecule has 25 heavy (non-hydrogen) atoms. The van der Waals surface area contributed by atoms with Crippen molar-refractivity contribution >= 4 is 4.57 Å². The Kier molecular flexibility index (Phi) is 35.5. The van der Waals surface area contributed by atoms with Crippen molar-refractivity contribution in [3.8, 4) is 5.75 Å². The Morgan fingerprint density at radius 2 is 0.920 bits per heavy atom. The molecule has 0 aliphatic heterocycles. The summed E-state index contributed by atoms with van der Waals surface area (Å²) in [4.78, 5) is 0. The molecule has 2 aromatic rings. The molecule has 0 amide bonds. The molecule has 124 valence electrons. The Morgan fingerprint density at radius 1 is 0.600 bits per heavy atom. The van der Waals surface area contributed by atoms with Crippen LogP contribution in [0.1, 0.15) is 5.56 Å². The molecule has 0 bridgehead atoms. The summed E-state index contributed by atoms with van der Waals surface area (Å²) in [6, 6.07) is 19.7. The topological polar surface area (TPSA) is 109 Å². The Bertz CT molecular complexity index is 607. The van der Waals surface area contributed by atoms with Crippen LogP contribution in [-0.4, -0.2) is 4.57 Å². The van der Waals surface area contributed by atoms with Gasteiger partial charge in [-0.1, -0.05) is 0 Å². The third kappa shape index (κ3) is 17.5. The summed E-state index contributed by atoms with van der Waals surface area (Å²) >= 11 is 2.94. The van der Waals surface area contributed by atoms with E-state index in [1.807, 2.05) is 60.7 Å². The molecule has 7 heteroatoms. The molecule has 0 saturated carbocycles. The van der Waals surface area contributed by atoms with E-state index >= 15 is 0 Å². The summed E-state index contributed by atoms with van der Waals surface area (Å²) in [6.07, 6.45) is 0. The van der Waals surface area contributed by atoms with Crippen molar-refractivity contribution in [3.63, 3.8) is 0 Å². The molecule has 0 fully saturated rings. The van der Waals surface area contributed by atoms with Crippen molar-refractivity contribution in [1.82, 2.24) is 0 Å². The van der Waals surface area contributed by atoms with E-state index in [-0.39, 0.29) is 0 Å². The Morgan fingerprint density at radius 3 is 1.28 bits per heavy atom. The maximum absolute atomic E-state index is 7.50. The molecule has 0 aromatic heterocycles. The quantitative estimate of drug-likeness (QED) is 0.597. The zero-order chi connectivity index (χ0) is 20.5. The molecule has 2 aromatic carbocycles. The van der Waals surface area contributed by atoms with Gasteiger partial charge in [0.05, 0.1) is 0 Å². The molecule has 6 nitrogen and oxygen atoms in total. The third-order valence-corrected chi connectivity index (χ3v) is 2.46. The average Bonchev–Trinajstić information content (AvgIpc) is 2.77. The van der Waals surface area contributed by atoms with E-state index < -0.39 is 0 Å². The summed E-state index contributed by atoms with van der Waals surface area (Å²) < 4.78 is 44.0. The van der Waals surface area contributed by atoms with Crippen LogP contribution >= 0.6 is 0 Å². The predicted octanol–water partition coefficient (Wildman–Crippen LogP) is 2.60. The first-order valence-corrected chi connectivity index (χ1v) is 6.34. The van der Waals surface area contributed by atoms with Gasteiger partial charge in [0, 0.05) is 0 Å². The van der Waals surface area contributed by atoms with Gasteiger partial charge in [-0.2, -0.15) is 0 Å². The normalized spacial score (nSPS) is 6.16. The fourth-order valence-corrected chi connectivity index (χ4v) is 1.59. The summed E-state index contributed by atoms with van der Waals surface area (Å²) in [5.41, 5.74) is 1.06. The summed E-state index contributed by atoms with van der Waals surface area (Å²) in [7, 11) is 0. The Balaban J connectivity index is -0.000000191. The monoisotopic (exact) mass is 374 g/mol. The second-order valence-electron chi connectivity index (χ2n) is 3.07. The zero-order valence-electron chi connectivity index (χ0n) is 12.6. The fourth-order valence-electron chi connectivity index (χ4n) is 1.23. The van der Waals surface area contributed by atoms with E-state index in [2.05, 4.69) is 49.1 Å². The van der Waals surface area contributed by atoms with Crippen LogP contribution < -0.4 is 4.74 Å². The predicted molar refractivity (Wildman–Crippen MR) is 77.3 cm³/mol. The molecule has 0 radical (unpaired) electrons. The summed E-state index contributed by atoms with van der Waals surface area (Å²) in [6.45, 7) is 22.5. The van der Waals surface area contributed by atoms with Gasteiger partial charge in [0.1, 0.15) is 0 Å². The van der Waals surface area contributed by atoms with Crippen molar-refractivity contribution in [3.05, 3.63) is 99.5 Å². The fraction of sp³-hybridized carbons (Fsp3) is 0. The van der Waals surface area contributed by atoms with Crippen LogP contribution in [0.15, 0.2) is 60.7 Å². The average molecular weight is 374 g/mol. The van der Waals surface area contributed by atoms with Crippen molar-refractivity contribution in [2.75, 3.05) is 0 Å². The molecule has 0 unspecified atom stereocenters. The van der Waals surface area contributed by atoms with Crippen LogP contribution in [-0.2, 0) is 39.1 Å². The molecule has 0 atom stereocenters. The first-order chi connectivity index (χ1) is 12.4. The van der Waals surface area contributed by atoms with Gasteiger partial charge in [-0.15, -0.1) is 0 Å². The summed E-state index contributed by atoms with van der Waals surface area (Å²) in [5, 5.41) is 0. The zero-order valence-corrected chi connectivity index (χ0v) is 13.9. The van der Waals surface area contributed by atoms with E-state index in [0.29, 0.717) is 0 Å². The number of hydrogen-bond donors (Lipinski definition) is 0. The van der Waals surface area contributed by atoms with Crippen molar-refractivity contribution in [2.45, 2.75) is 0 Å². The number of ether oxygens (including phenoxy) is 1. The van der Waals surface area contributed by atoms with Gasteiger partial charge < -0.3 is 0 Å². The van der Waals surface area contributed by atoms with E-state index in [1.54, 1.807) is 0 Å². The first-order valence-electron chi connectivity index (χ1n) is 5.70. The molecule has 0 N–H and O–H groups in total. The minimum atomic E-state index is 0.793. The third-order valence-electron chi connectivity index (χ3n) is 1.96. The van der Waals surface area contributed by atoms with E-state index in [4.69, 9.17) is 28.0 Å². The number of hydrogen-bond acceptors (Lipinski definition) is 1. The van der Waals surface area contributed by atoms with Crippen molar-refractivity contribution in [2.24, 2.45) is 0 Å². The number of rotatable bonds is 3. The molecular formula is C18H10CrO6. The van der Waals surface area contributed by atoms with Crippen LogP contribution in [0.4, 0.5) is 0 Å². The summed E-state index contributed by atoms with van der Waals surface area (Å²) in [5.74, 6) is 0.843. The number of benzene rings is 2. The van der Waals surface area contributed by atoms with Crippen molar-refractivity contribution < 1.29 is 43.8 Å². The van der Waals surface area contributed by atoms with Gasteiger partial charge in [0.15, 0.2) is 0 Å². The van der Waals surface area contributed by atoms with Crippen LogP contribution in [0.3, 0.4) is 0 Å². The van der Waals surface area contributed by atoms with E-state index in [1.165, 1.54) is 0 Å².